The molecule has 1 rings (SSSR count). The molecule has 0 aromatic heterocycles. The van der Waals surface area contributed by atoms with Gasteiger partial charge < -0.3 is 14.2 Å². The quantitative estimate of drug-likeness (QED) is 0.350. The summed E-state index contributed by atoms with van der Waals surface area (Å²) in [5.74, 6) is 0.0817. The summed E-state index contributed by atoms with van der Waals surface area (Å²) in [5, 5.41) is 8.90. The lowest BCUT2D eigenvalue weighted by atomic mass is 10.00. The van der Waals surface area contributed by atoms with E-state index in [0.717, 1.165) is 19.3 Å². The summed E-state index contributed by atoms with van der Waals surface area (Å²) in [5.41, 5.74) is 0. The first kappa shape index (κ1) is 12.4. The largest absolute Gasteiger partial charge is 0.370 e. The number of nitrogens with zero attached hydrogens (tertiary/aromatic N) is 1. The van der Waals surface area contributed by atoms with Crippen molar-refractivity contribution in [2.45, 2.75) is 38.4 Å². The molecule has 4 heteroatoms. The van der Waals surface area contributed by atoms with Gasteiger partial charge in [-0.15, -0.1) is 0 Å². The minimum Gasteiger partial charge on any atom is -0.370 e. The number of hydrogen-bond acceptors (Lipinski definition) is 4. The van der Waals surface area contributed by atoms with Crippen LogP contribution in [0.25, 0.3) is 0 Å². The number of hydrogen-bond donors (Lipinski definition) is 0. The fraction of sp³-hybridized carbons (Fsp3) is 0.909. The van der Waals surface area contributed by atoms with E-state index in [2.05, 4.69) is 13.0 Å². The van der Waals surface area contributed by atoms with Crippen LogP contribution in [0.5, 0.6) is 0 Å². The molecule has 15 heavy (non-hydrogen) atoms. The van der Waals surface area contributed by atoms with E-state index in [-0.39, 0.29) is 5.92 Å². The van der Waals surface area contributed by atoms with Crippen LogP contribution in [-0.2, 0) is 14.2 Å². The van der Waals surface area contributed by atoms with E-state index in [0.29, 0.717) is 25.6 Å². The highest BCUT2D eigenvalue weighted by atomic mass is 16.7. The summed E-state index contributed by atoms with van der Waals surface area (Å²) in [4.78, 5) is 0. The van der Waals surface area contributed by atoms with Gasteiger partial charge in [0.1, 0.15) is 6.79 Å². The van der Waals surface area contributed by atoms with E-state index in [1.54, 1.807) is 7.11 Å². The maximum Gasteiger partial charge on any atom is 0.146 e. The highest BCUT2D eigenvalue weighted by Crippen LogP contribution is 2.27. The van der Waals surface area contributed by atoms with Gasteiger partial charge >= 0.3 is 0 Å². The molecule has 1 fully saturated rings. The molecule has 0 radical (unpaired) electrons. The van der Waals surface area contributed by atoms with Crippen LogP contribution >= 0.6 is 0 Å². The van der Waals surface area contributed by atoms with E-state index in [1.165, 1.54) is 0 Å². The van der Waals surface area contributed by atoms with Crippen LogP contribution < -0.4 is 0 Å². The number of methoxy groups -OCH3 is 1. The summed E-state index contributed by atoms with van der Waals surface area (Å²) >= 11 is 0. The predicted molar refractivity (Wildman–Crippen MR) is 55.1 cm³/mol. The van der Waals surface area contributed by atoms with Crippen LogP contribution in [-0.4, -0.2) is 32.7 Å². The zero-order chi connectivity index (χ0) is 11.1. The third-order valence-corrected chi connectivity index (χ3v) is 2.63. The number of rotatable bonds is 8. The second-order valence-corrected chi connectivity index (χ2v) is 3.89. The molecule has 1 aliphatic rings. The molecule has 86 valence electrons. The molecular formula is C11H19NO3. The topological polar surface area (TPSA) is 54.8 Å². The van der Waals surface area contributed by atoms with Crippen molar-refractivity contribution in [2.75, 3.05) is 20.5 Å². The van der Waals surface area contributed by atoms with Gasteiger partial charge in [0.25, 0.3) is 0 Å². The van der Waals surface area contributed by atoms with Crippen LogP contribution in [0, 0.1) is 17.2 Å². The number of nitriles is 1. The van der Waals surface area contributed by atoms with E-state index in [1.807, 2.05) is 0 Å². The Bertz CT molecular complexity index is 214. The van der Waals surface area contributed by atoms with Gasteiger partial charge in [0.15, 0.2) is 0 Å². The molecule has 0 amide bonds. The van der Waals surface area contributed by atoms with Crippen molar-refractivity contribution in [2.24, 2.45) is 5.92 Å². The fourth-order valence-corrected chi connectivity index (χ4v) is 1.54. The molecule has 0 bridgehead atoms. The zero-order valence-corrected chi connectivity index (χ0v) is 9.44. The summed E-state index contributed by atoms with van der Waals surface area (Å²) in [7, 11) is 1.59. The number of epoxide rings is 1. The van der Waals surface area contributed by atoms with E-state index in [4.69, 9.17) is 19.5 Å². The first-order valence-electron chi connectivity index (χ1n) is 5.39. The second kappa shape index (κ2) is 6.78. The van der Waals surface area contributed by atoms with Gasteiger partial charge in [-0.1, -0.05) is 0 Å². The number of ether oxygens (including phenoxy) is 3. The lowest BCUT2D eigenvalue weighted by Gasteiger charge is -2.07. The van der Waals surface area contributed by atoms with Crippen LogP contribution in [0.3, 0.4) is 0 Å². The fourth-order valence-electron chi connectivity index (χ4n) is 1.54. The Morgan fingerprint density at radius 1 is 1.47 bits per heavy atom. The normalized spacial score (nSPS) is 25.9. The minimum absolute atomic E-state index is 0.0817. The van der Waals surface area contributed by atoms with Gasteiger partial charge in [0.2, 0.25) is 0 Å². The lowest BCUT2D eigenvalue weighted by Crippen LogP contribution is -2.06. The second-order valence-electron chi connectivity index (χ2n) is 3.89. The smallest absolute Gasteiger partial charge is 0.146 e. The standard InChI is InChI=1S/C11H19NO3/c1-9-11(15-9)4-3-10(7-12)5-6-14-8-13-2/h9-11H,3-6,8H2,1-2H3/t9-,10-,11-/m1/s1. The van der Waals surface area contributed by atoms with Gasteiger partial charge in [0, 0.05) is 13.0 Å². The Morgan fingerprint density at radius 3 is 2.73 bits per heavy atom. The van der Waals surface area contributed by atoms with E-state index in [9.17, 15) is 0 Å². The Morgan fingerprint density at radius 2 is 2.20 bits per heavy atom. The van der Waals surface area contributed by atoms with Gasteiger partial charge in [-0.2, -0.15) is 5.26 Å². The van der Waals surface area contributed by atoms with Crippen molar-refractivity contribution in [1.82, 2.24) is 0 Å². The van der Waals surface area contributed by atoms with Gasteiger partial charge in [-0.05, 0) is 26.2 Å². The molecule has 1 aliphatic heterocycles. The zero-order valence-electron chi connectivity index (χ0n) is 9.44. The lowest BCUT2D eigenvalue weighted by molar-refractivity contribution is -0.0333. The molecule has 0 spiro atoms. The molecular weight excluding hydrogens is 194 g/mol. The summed E-state index contributed by atoms with van der Waals surface area (Å²) in [6.07, 6.45) is 3.46. The summed E-state index contributed by atoms with van der Waals surface area (Å²) in [6, 6.07) is 2.30. The molecule has 0 aromatic carbocycles. The third kappa shape index (κ3) is 5.12. The van der Waals surface area contributed by atoms with Crippen molar-refractivity contribution in [3.63, 3.8) is 0 Å². The van der Waals surface area contributed by atoms with E-state index < -0.39 is 0 Å². The first-order valence-corrected chi connectivity index (χ1v) is 5.39. The molecule has 1 heterocycles. The van der Waals surface area contributed by atoms with Crippen molar-refractivity contribution in [3.8, 4) is 6.07 Å². The Kier molecular flexibility index (Phi) is 5.62. The van der Waals surface area contributed by atoms with E-state index >= 15 is 0 Å². The Labute approximate surface area is 91.1 Å². The highest BCUT2D eigenvalue weighted by molar-refractivity contribution is 4.87. The first-order chi connectivity index (χ1) is 7.27. The van der Waals surface area contributed by atoms with Crippen molar-refractivity contribution < 1.29 is 14.2 Å². The van der Waals surface area contributed by atoms with Gasteiger partial charge in [0.05, 0.1) is 24.9 Å². The maximum absolute atomic E-state index is 8.90. The van der Waals surface area contributed by atoms with Gasteiger partial charge in [-0.3, -0.25) is 0 Å². The maximum atomic E-state index is 8.90. The molecule has 0 N–H and O–H groups in total. The average molecular weight is 213 g/mol. The van der Waals surface area contributed by atoms with Crippen LogP contribution in [0.15, 0.2) is 0 Å². The summed E-state index contributed by atoms with van der Waals surface area (Å²) in [6.45, 7) is 2.96. The highest BCUT2D eigenvalue weighted by Gasteiger charge is 2.33. The molecule has 0 unspecified atom stereocenters. The third-order valence-electron chi connectivity index (χ3n) is 2.63. The van der Waals surface area contributed by atoms with Crippen molar-refractivity contribution >= 4 is 0 Å². The van der Waals surface area contributed by atoms with Crippen LogP contribution in [0.1, 0.15) is 26.2 Å². The predicted octanol–water partition coefficient (Wildman–Crippen LogP) is 1.70. The molecule has 3 atom stereocenters. The monoisotopic (exact) mass is 213 g/mol. The Balaban J connectivity index is 2.00. The van der Waals surface area contributed by atoms with Crippen LogP contribution in [0.4, 0.5) is 0 Å². The van der Waals surface area contributed by atoms with Crippen LogP contribution in [0.2, 0.25) is 0 Å². The molecule has 0 aliphatic carbocycles. The Hall–Kier alpha value is -0.630. The molecule has 0 saturated carbocycles. The van der Waals surface area contributed by atoms with Crippen molar-refractivity contribution in [3.05, 3.63) is 0 Å². The minimum atomic E-state index is 0.0817. The SMILES string of the molecule is COCOCC[C@H](C#N)CC[C@H]1O[C@@H]1C. The average Bonchev–Trinajstić information content (AvgIpc) is 2.94. The van der Waals surface area contributed by atoms with Crippen molar-refractivity contribution in [1.29, 1.82) is 5.26 Å². The molecule has 1 saturated heterocycles. The van der Waals surface area contributed by atoms with Gasteiger partial charge in [-0.25, -0.2) is 0 Å². The molecule has 4 nitrogen and oxygen atoms in total. The molecule has 0 aromatic rings. The summed E-state index contributed by atoms with van der Waals surface area (Å²) < 4.78 is 15.2.